The van der Waals surface area contributed by atoms with E-state index in [9.17, 15) is 20.0 Å². The molecule has 3 aromatic carbocycles. The summed E-state index contributed by atoms with van der Waals surface area (Å²) in [5.74, 6) is -1.33. The van der Waals surface area contributed by atoms with Crippen LogP contribution in [0.2, 0.25) is 0 Å². The number of azo groups is 1. The first-order chi connectivity index (χ1) is 15.0. The van der Waals surface area contributed by atoms with Gasteiger partial charge in [-0.05, 0) is 24.1 Å². The number of carbonyl (C=O) groups is 1. The number of rotatable bonds is 7. The number of hydrogen-bond donors (Lipinski definition) is 1. The predicted molar refractivity (Wildman–Crippen MR) is 116 cm³/mol. The minimum Gasteiger partial charge on any atom is -0.505 e. The largest absolute Gasteiger partial charge is 0.505 e. The van der Waals surface area contributed by atoms with Gasteiger partial charge in [0, 0.05) is 11.6 Å². The van der Waals surface area contributed by atoms with E-state index in [1.165, 1.54) is 12.1 Å². The van der Waals surface area contributed by atoms with Crippen LogP contribution in [0.1, 0.15) is 12.5 Å². The molecule has 8 nitrogen and oxygen atoms in total. The monoisotopic (exact) mass is 417 g/mol. The molecule has 0 amide bonds. The number of nitro groups is 1. The molecule has 3 aromatic rings. The molecule has 8 heteroatoms. The first-order valence-corrected chi connectivity index (χ1v) is 9.42. The molecule has 31 heavy (non-hydrogen) atoms. The SMILES string of the molecule is CCOC(=O)/C(N=Nc1ccc(-c2ccccc2)cc1[N+](=O)[O-])=C(/O)c1ccccc1. The van der Waals surface area contributed by atoms with Crippen LogP contribution in [0.25, 0.3) is 16.9 Å². The lowest BCUT2D eigenvalue weighted by Crippen LogP contribution is -2.08. The van der Waals surface area contributed by atoms with Crippen LogP contribution in [0.4, 0.5) is 11.4 Å². The second-order valence-electron chi connectivity index (χ2n) is 6.31. The van der Waals surface area contributed by atoms with Crippen LogP contribution in [0, 0.1) is 10.1 Å². The molecule has 0 fully saturated rings. The molecule has 0 heterocycles. The topological polar surface area (TPSA) is 114 Å². The zero-order valence-electron chi connectivity index (χ0n) is 16.6. The first kappa shape index (κ1) is 21.4. The maximum absolute atomic E-state index is 12.3. The van der Waals surface area contributed by atoms with Crippen LogP contribution >= 0.6 is 0 Å². The van der Waals surface area contributed by atoms with Crippen LogP contribution in [-0.4, -0.2) is 22.6 Å². The molecule has 1 N–H and O–H groups in total. The second-order valence-corrected chi connectivity index (χ2v) is 6.31. The van der Waals surface area contributed by atoms with Gasteiger partial charge in [-0.2, -0.15) is 0 Å². The van der Waals surface area contributed by atoms with Crippen molar-refractivity contribution in [3.63, 3.8) is 0 Å². The lowest BCUT2D eigenvalue weighted by molar-refractivity contribution is -0.384. The van der Waals surface area contributed by atoms with Crippen molar-refractivity contribution >= 4 is 23.1 Å². The van der Waals surface area contributed by atoms with Crippen LogP contribution in [0.15, 0.2) is 94.8 Å². The Labute approximate surface area is 178 Å². The smallest absolute Gasteiger partial charge is 0.362 e. The van der Waals surface area contributed by atoms with Crippen molar-refractivity contribution in [2.45, 2.75) is 6.92 Å². The number of aliphatic hydroxyl groups excluding tert-OH is 1. The van der Waals surface area contributed by atoms with Gasteiger partial charge in [0.2, 0.25) is 5.70 Å². The molecule has 0 spiro atoms. The van der Waals surface area contributed by atoms with Crippen molar-refractivity contribution in [1.82, 2.24) is 0 Å². The van der Waals surface area contributed by atoms with Crippen molar-refractivity contribution < 1.29 is 19.6 Å². The minimum atomic E-state index is -0.892. The highest BCUT2D eigenvalue weighted by Gasteiger charge is 2.20. The van der Waals surface area contributed by atoms with E-state index in [1.807, 2.05) is 30.3 Å². The van der Waals surface area contributed by atoms with E-state index in [-0.39, 0.29) is 18.0 Å². The predicted octanol–water partition coefficient (Wildman–Crippen LogP) is 5.84. The van der Waals surface area contributed by atoms with E-state index in [2.05, 4.69) is 10.2 Å². The molecule has 0 aliphatic carbocycles. The summed E-state index contributed by atoms with van der Waals surface area (Å²) in [5.41, 5.74) is 0.982. The van der Waals surface area contributed by atoms with Crippen molar-refractivity contribution in [3.8, 4) is 11.1 Å². The Morgan fingerprint density at radius 3 is 2.26 bits per heavy atom. The molecule has 0 saturated heterocycles. The second kappa shape index (κ2) is 9.93. The van der Waals surface area contributed by atoms with E-state index < -0.39 is 22.3 Å². The molecule has 0 bridgehead atoms. The third kappa shape index (κ3) is 5.18. The summed E-state index contributed by atoms with van der Waals surface area (Å²) in [6, 6.07) is 21.9. The van der Waals surface area contributed by atoms with Crippen molar-refractivity contribution in [2.24, 2.45) is 10.2 Å². The molecular formula is C23H19N3O5. The minimum absolute atomic E-state index is 0.0614. The van der Waals surface area contributed by atoms with Gasteiger partial charge in [-0.3, -0.25) is 10.1 Å². The van der Waals surface area contributed by atoms with Crippen molar-refractivity contribution in [1.29, 1.82) is 0 Å². The van der Waals surface area contributed by atoms with Crippen molar-refractivity contribution in [2.75, 3.05) is 6.61 Å². The summed E-state index contributed by atoms with van der Waals surface area (Å²) in [6.07, 6.45) is 0. The van der Waals surface area contributed by atoms with Crippen LogP contribution < -0.4 is 0 Å². The fourth-order valence-corrected chi connectivity index (χ4v) is 2.79. The summed E-state index contributed by atoms with van der Waals surface area (Å²) in [7, 11) is 0. The molecular weight excluding hydrogens is 398 g/mol. The highest BCUT2D eigenvalue weighted by atomic mass is 16.6. The Hall–Kier alpha value is -4.33. The highest BCUT2D eigenvalue weighted by molar-refractivity contribution is 5.95. The number of nitro benzene ring substituents is 1. The van der Waals surface area contributed by atoms with Gasteiger partial charge in [0.25, 0.3) is 5.69 Å². The Bertz CT molecular complexity index is 1140. The average molecular weight is 417 g/mol. The summed E-state index contributed by atoms with van der Waals surface area (Å²) >= 11 is 0. The van der Waals surface area contributed by atoms with E-state index >= 15 is 0 Å². The lowest BCUT2D eigenvalue weighted by atomic mass is 10.0. The zero-order chi connectivity index (χ0) is 22.2. The van der Waals surface area contributed by atoms with Gasteiger partial charge in [0.1, 0.15) is 0 Å². The number of nitrogens with zero attached hydrogens (tertiary/aromatic N) is 3. The maximum atomic E-state index is 12.3. The molecule has 0 atom stereocenters. The van der Waals surface area contributed by atoms with Crippen LogP contribution in [-0.2, 0) is 9.53 Å². The number of esters is 1. The van der Waals surface area contributed by atoms with Gasteiger partial charge in [0.05, 0.1) is 11.5 Å². The third-order valence-electron chi connectivity index (χ3n) is 4.28. The van der Waals surface area contributed by atoms with Gasteiger partial charge in [0.15, 0.2) is 11.4 Å². The fraction of sp³-hybridized carbons (Fsp3) is 0.0870. The number of carbonyl (C=O) groups excluding carboxylic acids is 1. The standard InChI is InChI=1S/C23H19N3O5/c1-2-31-23(28)21(22(27)17-11-7-4-8-12-17)25-24-19-14-13-18(15-20(19)26(29)30)16-9-5-3-6-10-16/h3-15,27H,2H2,1H3/b22-21-,25-24?. The normalized spacial score (nSPS) is 11.8. The number of ether oxygens (including phenoxy) is 1. The van der Waals surface area contributed by atoms with E-state index in [4.69, 9.17) is 4.74 Å². The fourth-order valence-electron chi connectivity index (χ4n) is 2.79. The lowest BCUT2D eigenvalue weighted by Gasteiger charge is -2.06. The van der Waals surface area contributed by atoms with Crippen LogP contribution in [0.3, 0.4) is 0 Å². The van der Waals surface area contributed by atoms with Crippen molar-refractivity contribution in [3.05, 3.63) is 100 Å². The quantitative estimate of drug-likeness (QED) is 0.130. The average Bonchev–Trinajstić information content (AvgIpc) is 2.80. The van der Waals surface area contributed by atoms with E-state index in [0.717, 1.165) is 5.56 Å². The Kier molecular flexibility index (Phi) is 6.85. The molecule has 3 rings (SSSR count). The number of hydrogen-bond acceptors (Lipinski definition) is 7. The molecule has 0 unspecified atom stereocenters. The van der Waals surface area contributed by atoms with E-state index in [0.29, 0.717) is 11.1 Å². The van der Waals surface area contributed by atoms with Gasteiger partial charge in [-0.1, -0.05) is 66.7 Å². The molecule has 0 aliphatic heterocycles. The molecule has 0 aromatic heterocycles. The Morgan fingerprint density at radius 2 is 1.65 bits per heavy atom. The summed E-state index contributed by atoms with van der Waals surface area (Å²) in [5, 5.41) is 29.8. The Morgan fingerprint density at radius 1 is 1.00 bits per heavy atom. The first-order valence-electron chi connectivity index (χ1n) is 9.42. The highest BCUT2D eigenvalue weighted by Crippen LogP contribution is 2.33. The number of benzene rings is 3. The third-order valence-corrected chi connectivity index (χ3v) is 4.28. The summed E-state index contributed by atoms with van der Waals surface area (Å²) in [6.45, 7) is 1.67. The van der Waals surface area contributed by atoms with Gasteiger partial charge in [-0.25, -0.2) is 4.79 Å². The molecule has 0 aliphatic rings. The van der Waals surface area contributed by atoms with Gasteiger partial charge < -0.3 is 9.84 Å². The zero-order valence-corrected chi connectivity index (χ0v) is 16.6. The summed E-state index contributed by atoms with van der Waals surface area (Å²) < 4.78 is 4.95. The summed E-state index contributed by atoms with van der Waals surface area (Å²) in [4.78, 5) is 23.3. The van der Waals surface area contributed by atoms with Crippen LogP contribution in [0.5, 0.6) is 0 Å². The van der Waals surface area contributed by atoms with Gasteiger partial charge >= 0.3 is 5.97 Å². The molecule has 0 radical (unpaired) electrons. The maximum Gasteiger partial charge on any atom is 0.362 e. The van der Waals surface area contributed by atoms with E-state index in [1.54, 1.807) is 43.3 Å². The van der Waals surface area contributed by atoms with Gasteiger partial charge in [-0.15, -0.1) is 10.2 Å². The molecule has 156 valence electrons. The molecule has 0 saturated carbocycles. The number of aliphatic hydroxyl groups is 1. The Balaban J connectivity index is 2.04.